The maximum Gasteiger partial charge on any atom is 0.0944 e. The Balaban J connectivity index is 1.83. The summed E-state index contributed by atoms with van der Waals surface area (Å²) in [5, 5.41) is 41.8. The molecule has 0 aromatic carbocycles. The highest BCUT2D eigenvalue weighted by molar-refractivity contribution is 5.37. The molecule has 3 aliphatic carbocycles. The van der Waals surface area contributed by atoms with Gasteiger partial charge in [0.05, 0.1) is 37.9 Å². The Morgan fingerprint density at radius 3 is 2.52 bits per heavy atom. The van der Waals surface area contributed by atoms with E-state index in [0.29, 0.717) is 6.42 Å². The van der Waals surface area contributed by atoms with E-state index in [9.17, 15) is 20.4 Å². The highest BCUT2D eigenvalue weighted by Crippen LogP contribution is 2.66. The van der Waals surface area contributed by atoms with Gasteiger partial charge < -0.3 is 24.8 Å². The van der Waals surface area contributed by atoms with Gasteiger partial charge in [0.2, 0.25) is 0 Å². The molecule has 3 aliphatic rings. The van der Waals surface area contributed by atoms with Gasteiger partial charge in [-0.05, 0) is 54.9 Å². The largest absolute Gasteiger partial charge is 0.472 e. The van der Waals surface area contributed by atoms with Crippen LogP contribution < -0.4 is 0 Å². The molecule has 4 N–H and O–H groups in total. The standard InChI is InChI=1S/C20H30O5/c1-18-7-14(23)17(24)19(2,10-21)15(18)5-6-20(11-22)13-9-25-8-12(13)3-4-16(18)20/h8-9,14-17,21-24H,3-7,10-11H2,1-2H3/t14-,15+,16+,17-,18-,19+,20+/m0/s1. The molecule has 0 unspecified atom stereocenters. The second-order valence-corrected chi connectivity index (χ2v) is 9.19. The van der Waals surface area contributed by atoms with Crippen molar-refractivity contribution in [3.05, 3.63) is 23.7 Å². The fourth-order valence-electron chi connectivity index (χ4n) is 7.02. The molecule has 140 valence electrons. The van der Waals surface area contributed by atoms with Gasteiger partial charge in [0.15, 0.2) is 0 Å². The van der Waals surface area contributed by atoms with Crippen LogP contribution in [-0.4, -0.2) is 45.8 Å². The predicted molar refractivity (Wildman–Crippen MR) is 91.9 cm³/mol. The molecule has 5 heteroatoms. The van der Waals surface area contributed by atoms with Gasteiger partial charge in [-0.25, -0.2) is 0 Å². The topological polar surface area (TPSA) is 94.1 Å². The van der Waals surface area contributed by atoms with Crippen molar-refractivity contribution in [3.8, 4) is 0 Å². The van der Waals surface area contributed by atoms with Crippen LogP contribution in [0.15, 0.2) is 16.9 Å². The van der Waals surface area contributed by atoms with Crippen LogP contribution in [0.4, 0.5) is 0 Å². The van der Waals surface area contributed by atoms with Crippen LogP contribution in [0.3, 0.4) is 0 Å². The minimum atomic E-state index is -0.912. The van der Waals surface area contributed by atoms with Crippen molar-refractivity contribution >= 4 is 0 Å². The SMILES string of the molecule is C[C@]12C[C@H](O)[C@H](O)[C@](C)(CO)[C@@H]1CC[C@@]1(CO)c3cocc3CC[C@@H]12. The molecule has 2 fully saturated rings. The molecule has 0 amide bonds. The van der Waals surface area contributed by atoms with E-state index in [2.05, 4.69) is 6.92 Å². The van der Waals surface area contributed by atoms with Crippen molar-refractivity contribution in [2.45, 2.75) is 63.6 Å². The molecule has 0 aliphatic heterocycles. The lowest BCUT2D eigenvalue weighted by molar-refractivity contribution is -0.223. The van der Waals surface area contributed by atoms with Crippen molar-refractivity contribution in [3.63, 3.8) is 0 Å². The van der Waals surface area contributed by atoms with Gasteiger partial charge >= 0.3 is 0 Å². The molecular formula is C20H30O5. The van der Waals surface area contributed by atoms with Crippen molar-refractivity contribution < 1.29 is 24.8 Å². The summed E-state index contributed by atoms with van der Waals surface area (Å²) in [6, 6.07) is 0. The fraction of sp³-hybridized carbons (Fsp3) is 0.800. The van der Waals surface area contributed by atoms with Crippen LogP contribution in [-0.2, 0) is 11.8 Å². The molecule has 0 radical (unpaired) electrons. The first-order valence-electron chi connectivity index (χ1n) is 9.47. The average Bonchev–Trinajstić information content (AvgIpc) is 3.09. The molecule has 0 spiro atoms. The summed E-state index contributed by atoms with van der Waals surface area (Å²) < 4.78 is 5.47. The number of aliphatic hydroxyl groups is 4. The normalized spacial score (nSPS) is 49.2. The van der Waals surface area contributed by atoms with E-state index in [1.54, 1.807) is 12.5 Å². The fourth-order valence-corrected chi connectivity index (χ4v) is 7.02. The molecule has 2 saturated carbocycles. The van der Waals surface area contributed by atoms with Crippen LogP contribution in [0.5, 0.6) is 0 Å². The third kappa shape index (κ3) is 2.04. The van der Waals surface area contributed by atoms with Gasteiger partial charge in [0.1, 0.15) is 0 Å². The number of fused-ring (bicyclic) bond motifs is 5. The second-order valence-electron chi connectivity index (χ2n) is 9.19. The van der Waals surface area contributed by atoms with E-state index in [-0.39, 0.29) is 35.9 Å². The first kappa shape index (κ1) is 17.5. The summed E-state index contributed by atoms with van der Waals surface area (Å²) in [6.45, 7) is 4.03. The highest BCUT2D eigenvalue weighted by atomic mass is 16.3. The zero-order valence-electron chi connectivity index (χ0n) is 15.1. The van der Waals surface area contributed by atoms with Gasteiger partial charge in [-0.2, -0.15) is 0 Å². The first-order chi connectivity index (χ1) is 11.8. The van der Waals surface area contributed by atoms with Crippen LogP contribution in [0, 0.1) is 22.7 Å². The Hall–Kier alpha value is -0.880. The zero-order valence-corrected chi connectivity index (χ0v) is 15.1. The van der Waals surface area contributed by atoms with E-state index in [1.807, 2.05) is 6.92 Å². The Kier molecular flexibility index (Phi) is 3.90. The van der Waals surface area contributed by atoms with Gasteiger partial charge in [-0.15, -0.1) is 0 Å². The summed E-state index contributed by atoms with van der Waals surface area (Å²) in [5.41, 5.74) is 1.01. The van der Waals surface area contributed by atoms with Gasteiger partial charge in [-0.3, -0.25) is 0 Å². The van der Waals surface area contributed by atoms with Crippen molar-refractivity contribution in [2.75, 3.05) is 13.2 Å². The number of rotatable bonds is 2. The van der Waals surface area contributed by atoms with Crippen LogP contribution in [0.2, 0.25) is 0 Å². The molecule has 0 bridgehead atoms. The second kappa shape index (κ2) is 5.56. The summed E-state index contributed by atoms with van der Waals surface area (Å²) in [7, 11) is 0. The number of hydrogen-bond acceptors (Lipinski definition) is 5. The molecule has 1 aromatic rings. The smallest absolute Gasteiger partial charge is 0.0944 e. The van der Waals surface area contributed by atoms with Gasteiger partial charge in [0.25, 0.3) is 0 Å². The average molecular weight is 350 g/mol. The lowest BCUT2D eigenvalue weighted by Crippen LogP contribution is -2.66. The van der Waals surface area contributed by atoms with Crippen LogP contribution in [0.25, 0.3) is 0 Å². The lowest BCUT2D eigenvalue weighted by Gasteiger charge is -2.66. The summed E-state index contributed by atoms with van der Waals surface area (Å²) in [4.78, 5) is 0. The summed E-state index contributed by atoms with van der Waals surface area (Å²) >= 11 is 0. The Morgan fingerprint density at radius 1 is 1.08 bits per heavy atom. The number of aryl methyl sites for hydroxylation is 1. The van der Waals surface area contributed by atoms with Crippen LogP contribution in [0.1, 0.15) is 50.7 Å². The molecule has 7 atom stereocenters. The zero-order chi connectivity index (χ0) is 18.0. The van der Waals surface area contributed by atoms with Crippen molar-refractivity contribution in [1.29, 1.82) is 0 Å². The van der Waals surface area contributed by atoms with E-state index in [1.165, 1.54) is 5.56 Å². The molecule has 0 saturated heterocycles. The lowest BCUT2D eigenvalue weighted by atomic mass is 9.39. The quantitative estimate of drug-likeness (QED) is 0.650. The van der Waals surface area contributed by atoms with Gasteiger partial charge in [0, 0.05) is 16.4 Å². The Bertz CT molecular complexity index is 656. The molecule has 4 rings (SSSR count). The third-order valence-corrected chi connectivity index (χ3v) is 8.23. The maximum atomic E-state index is 10.6. The van der Waals surface area contributed by atoms with Crippen LogP contribution >= 0.6 is 0 Å². The van der Waals surface area contributed by atoms with Gasteiger partial charge in [-0.1, -0.05) is 13.8 Å². The maximum absolute atomic E-state index is 10.6. The van der Waals surface area contributed by atoms with Crippen molar-refractivity contribution in [1.82, 2.24) is 0 Å². The third-order valence-electron chi connectivity index (χ3n) is 8.23. The Labute approximate surface area is 148 Å². The van der Waals surface area contributed by atoms with E-state index in [4.69, 9.17) is 4.42 Å². The monoisotopic (exact) mass is 350 g/mol. The summed E-state index contributed by atoms with van der Waals surface area (Å²) in [5.74, 6) is 0.309. The molecule has 1 heterocycles. The number of furan rings is 1. The minimum absolute atomic E-state index is 0.0704. The molecule has 5 nitrogen and oxygen atoms in total. The molecular weight excluding hydrogens is 320 g/mol. The highest BCUT2D eigenvalue weighted by Gasteiger charge is 2.65. The van der Waals surface area contributed by atoms with E-state index >= 15 is 0 Å². The van der Waals surface area contributed by atoms with E-state index < -0.39 is 17.6 Å². The minimum Gasteiger partial charge on any atom is -0.472 e. The number of aliphatic hydroxyl groups excluding tert-OH is 4. The van der Waals surface area contributed by atoms with E-state index in [0.717, 1.165) is 31.2 Å². The number of hydrogen-bond donors (Lipinski definition) is 4. The van der Waals surface area contributed by atoms with Crippen molar-refractivity contribution in [2.24, 2.45) is 22.7 Å². The Morgan fingerprint density at radius 2 is 1.84 bits per heavy atom. The predicted octanol–water partition coefficient (Wildman–Crippen LogP) is 1.61. The molecule has 1 aromatic heterocycles. The summed E-state index contributed by atoms with van der Waals surface area (Å²) in [6.07, 6.45) is 5.82. The molecule has 25 heavy (non-hydrogen) atoms. The first-order valence-corrected chi connectivity index (χ1v) is 9.47.